The van der Waals surface area contributed by atoms with Crippen molar-refractivity contribution in [1.82, 2.24) is 15.5 Å². The molecule has 8 heteroatoms. The maximum absolute atomic E-state index is 11.6. The van der Waals surface area contributed by atoms with Gasteiger partial charge in [-0.15, -0.1) is 10.2 Å². The molecule has 1 aromatic rings. The first-order valence-corrected chi connectivity index (χ1v) is 7.32. The van der Waals surface area contributed by atoms with Crippen molar-refractivity contribution in [3.63, 3.8) is 0 Å². The molecule has 0 aliphatic heterocycles. The number of nitrogens with one attached hydrogen (secondary N) is 2. The lowest BCUT2D eigenvalue weighted by Gasteiger charge is -2.12. The SMILES string of the molecule is Cc1nnc(NC(=O)CCC(=O)NCC2(CO)CC2)s1. The molecular formula is C12H18N4O3S. The normalized spacial score (nSPS) is 15.7. The van der Waals surface area contributed by atoms with E-state index in [1.54, 1.807) is 6.92 Å². The van der Waals surface area contributed by atoms with Crippen molar-refractivity contribution in [3.05, 3.63) is 5.01 Å². The molecule has 1 aliphatic carbocycles. The van der Waals surface area contributed by atoms with Crippen LogP contribution < -0.4 is 10.6 Å². The number of aromatic nitrogens is 2. The largest absolute Gasteiger partial charge is 0.396 e. The fourth-order valence-electron chi connectivity index (χ4n) is 1.70. The molecule has 0 aromatic carbocycles. The molecule has 1 saturated carbocycles. The number of rotatable bonds is 7. The highest BCUT2D eigenvalue weighted by molar-refractivity contribution is 7.15. The molecule has 2 rings (SSSR count). The number of carbonyl (C=O) groups excluding carboxylic acids is 2. The van der Waals surface area contributed by atoms with Crippen LogP contribution in [0.2, 0.25) is 0 Å². The van der Waals surface area contributed by atoms with Crippen LogP contribution in [0.5, 0.6) is 0 Å². The molecule has 0 saturated heterocycles. The molecule has 3 N–H and O–H groups in total. The smallest absolute Gasteiger partial charge is 0.226 e. The first kappa shape index (κ1) is 14.9. The van der Waals surface area contributed by atoms with Crippen molar-refractivity contribution >= 4 is 28.3 Å². The third-order valence-corrected chi connectivity index (χ3v) is 4.06. The molecule has 1 heterocycles. The van der Waals surface area contributed by atoms with Crippen LogP contribution in [0.15, 0.2) is 0 Å². The lowest BCUT2D eigenvalue weighted by Crippen LogP contribution is -2.32. The summed E-state index contributed by atoms with van der Waals surface area (Å²) in [6.45, 7) is 2.39. The van der Waals surface area contributed by atoms with E-state index in [-0.39, 0.29) is 36.7 Å². The summed E-state index contributed by atoms with van der Waals surface area (Å²) in [6, 6.07) is 0. The summed E-state index contributed by atoms with van der Waals surface area (Å²) in [6.07, 6.45) is 2.13. The van der Waals surface area contributed by atoms with E-state index in [4.69, 9.17) is 5.11 Å². The Morgan fingerprint density at radius 1 is 1.30 bits per heavy atom. The van der Waals surface area contributed by atoms with Gasteiger partial charge in [0.15, 0.2) is 0 Å². The molecule has 0 spiro atoms. The number of hydrogen-bond donors (Lipinski definition) is 3. The van der Waals surface area contributed by atoms with Crippen molar-refractivity contribution in [2.45, 2.75) is 32.6 Å². The Hall–Kier alpha value is -1.54. The average Bonchev–Trinajstić information content (AvgIpc) is 3.11. The Labute approximate surface area is 120 Å². The third-order valence-electron chi connectivity index (χ3n) is 3.30. The second-order valence-electron chi connectivity index (χ2n) is 5.11. The molecule has 20 heavy (non-hydrogen) atoms. The monoisotopic (exact) mass is 298 g/mol. The second-order valence-corrected chi connectivity index (χ2v) is 6.29. The van der Waals surface area contributed by atoms with Gasteiger partial charge in [-0.1, -0.05) is 11.3 Å². The highest BCUT2D eigenvalue weighted by Gasteiger charge is 2.41. The van der Waals surface area contributed by atoms with E-state index in [9.17, 15) is 9.59 Å². The summed E-state index contributed by atoms with van der Waals surface area (Å²) in [5, 5.41) is 23.3. The van der Waals surface area contributed by atoms with Crippen molar-refractivity contribution in [3.8, 4) is 0 Å². The van der Waals surface area contributed by atoms with E-state index in [1.165, 1.54) is 11.3 Å². The lowest BCUT2D eigenvalue weighted by atomic mass is 10.1. The van der Waals surface area contributed by atoms with E-state index in [2.05, 4.69) is 20.8 Å². The fourth-order valence-corrected chi connectivity index (χ4v) is 2.31. The van der Waals surface area contributed by atoms with Gasteiger partial charge in [-0.3, -0.25) is 9.59 Å². The van der Waals surface area contributed by atoms with Crippen LogP contribution in [-0.2, 0) is 9.59 Å². The van der Waals surface area contributed by atoms with Crippen molar-refractivity contribution in [2.24, 2.45) is 5.41 Å². The number of amides is 2. The van der Waals surface area contributed by atoms with Gasteiger partial charge in [0, 0.05) is 24.8 Å². The van der Waals surface area contributed by atoms with Gasteiger partial charge in [-0.25, -0.2) is 0 Å². The number of aliphatic hydroxyl groups excluding tert-OH is 1. The Morgan fingerprint density at radius 2 is 2.00 bits per heavy atom. The first-order valence-electron chi connectivity index (χ1n) is 6.50. The Kier molecular flexibility index (Phi) is 4.66. The highest BCUT2D eigenvalue weighted by atomic mass is 32.1. The van der Waals surface area contributed by atoms with Crippen LogP contribution >= 0.6 is 11.3 Å². The van der Waals surface area contributed by atoms with E-state index in [0.29, 0.717) is 11.7 Å². The van der Waals surface area contributed by atoms with Gasteiger partial charge >= 0.3 is 0 Å². The van der Waals surface area contributed by atoms with Gasteiger partial charge in [0.25, 0.3) is 0 Å². The molecule has 1 fully saturated rings. The maximum Gasteiger partial charge on any atom is 0.226 e. The van der Waals surface area contributed by atoms with Gasteiger partial charge in [-0.2, -0.15) is 0 Å². The zero-order valence-corrected chi connectivity index (χ0v) is 12.1. The van der Waals surface area contributed by atoms with Gasteiger partial charge in [-0.05, 0) is 19.8 Å². The molecule has 0 bridgehead atoms. The van der Waals surface area contributed by atoms with Crippen molar-refractivity contribution in [2.75, 3.05) is 18.5 Å². The average molecular weight is 298 g/mol. The molecule has 0 atom stereocenters. The first-order chi connectivity index (χ1) is 9.53. The molecule has 2 amide bonds. The second kappa shape index (κ2) is 6.27. The van der Waals surface area contributed by atoms with Gasteiger partial charge in [0.1, 0.15) is 5.01 Å². The van der Waals surface area contributed by atoms with Crippen LogP contribution in [0.1, 0.15) is 30.7 Å². The summed E-state index contributed by atoms with van der Waals surface area (Å²) in [5.41, 5.74) is -0.109. The van der Waals surface area contributed by atoms with Crippen molar-refractivity contribution in [1.29, 1.82) is 0 Å². The third kappa shape index (κ3) is 4.24. The van der Waals surface area contributed by atoms with Crippen LogP contribution in [0, 0.1) is 12.3 Å². The number of anilines is 1. The molecule has 1 aromatic heterocycles. The van der Waals surface area contributed by atoms with Crippen LogP contribution in [0.25, 0.3) is 0 Å². The Morgan fingerprint density at radius 3 is 2.55 bits per heavy atom. The maximum atomic E-state index is 11.6. The minimum atomic E-state index is -0.250. The van der Waals surface area contributed by atoms with Gasteiger partial charge < -0.3 is 15.7 Å². The topological polar surface area (TPSA) is 104 Å². The predicted molar refractivity (Wildman–Crippen MR) is 74.3 cm³/mol. The standard InChI is InChI=1S/C12H18N4O3S/c1-8-15-16-11(20-8)14-10(19)3-2-9(18)13-6-12(7-17)4-5-12/h17H,2-7H2,1H3,(H,13,18)(H,14,16,19). The van der Waals surface area contributed by atoms with E-state index < -0.39 is 0 Å². The lowest BCUT2D eigenvalue weighted by molar-refractivity contribution is -0.124. The zero-order chi connectivity index (χ0) is 14.6. The molecule has 110 valence electrons. The number of hydrogen-bond acceptors (Lipinski definition) is 6. The van der Waals surface area contributed by atoms with E-state index in [0.717, 1.165) is 17.8 Å². The van der Waals surface area contributed by atoms with Crippen molar-refractivity contribution < 1.29 is 14.7 Å². The number of carbonyl (C=O) groups is 2. The molecule has 1 aliphatic rings. The Balaban J connectivity index is 1.64. The summed E-state index contributed by atoms with van der Waals surface area (Å²) in [5.74, 6) is -0.423. The Bertz CT molecular complexity index is 499. The van der Waals surface area contributed by atoms with Crippen LogP contribution in [0.4, 0.5) is 5.13 Å². The highest BCUT2D eigenvalue weighted by Crippen LogP contribution is 2.44. The molecule has 7 nitrogen and oxygen atoms in total. The van der Waals surface area contributed by atoms with Gasteiger partial charge in [0.05, 0.1) is 6.61 Å². The number of aliphatic hydroxyl groups is 1. The summed E-state index contributed by atoms with van der Waals surface area (Å²) >= 11 is 1.29. The summed E-state index contributed by atoms with van der Waals surface area (Å²) in [7, 11) is 0. The molecule has 0 radical (unpaired) electrons. The zero-order valence-electron chi connectivity index (χ0n) is 11.3. The summed E-state index contributed by atoms with van der Waals surface area (Å²) in [4.78, 5) is 23.2. The quantitative estimate of drug-likeness (QED) is 0.678. The fraction of sp³-hybridized carbons (Fsp3) is 0.667. The molecular weight excluding hydrogens is 280 g/mol. The van der Waals surface area contributed by atoms with Gasteiger partial charge in [0.2, 0.25) is 16.9 Å². The minimum Gasteiger partial charge on any atom is -0.396 e. The van der Waals surface area contributed by atoms with E-state index in [1.807, 2.05) is 0 Å². The predicted octanol–water partition coefficient (Wildman–Crippen LogP) is 0.454. The van der Waals surface area contributed by atoms with E-state index >= 15 is 0 Å². The summed E-state index contributed by atoms with van der Waals surface area (Å²) < 4.78 is 0. The van der Waals surface area contributed by atoms with Crippen LogP contribution in [0.3, 0.4) is 0 Å². The van der Waals surface area contributed by atoms with Crippen LogP contribution in [-0.4, -0.2) is 40.3 Å². The number of aryl methyl sites for hydroxylation is 1. The molecule has 0 unspecified atom stereocenters. The number of nitrogens with zero attached hydrogens (tertiary/aromatic N) is 2. The minimum absolute atomic E-state index is 0.101.